The van der Waals surface area contributed by atoms with Gasteiger partial charge in [-0.1, -0.05) is 0 Å². The minimum Gasteiger partial charge on any atom is -0.481 e. The highest BCUT2D eigenvalue weighted by Crippen LogP contribution is 2.21. The number of carbonyl (C=O) groups is 2. The van der Waals surface area contributed by atoms with Gasteiger partial charge in [-0.05, 0) is 34.1 Å². The summed E-state index contributed by atoms with van der Waals surface area (Å²) < 4.78 is 19.0. The molecule has 0 bridgehead atoms. The molecule has 1 unspecified atom stereocenters. The van der Waals surface area contributed by atoms with Gasteiger partial charge in [-0.15, -0.1) is 0 Å². The van der Waals surface area contributed by atoms with Crippen LogP contribution in [0.2, 0.25) is 0 Å². The number of carbonyl (C=O) groups excluding carboxylic acids is 1. The first-order chi connectivity index (χ1) is 9.47. The molecule has 0 radical (unpaired) electrons. The van der Waals surface area contributed by atoms with Gasteiger partial charge in [-0.25, -0.2) is 4.39 Å². The molecule has 0 aromatic heterocycles. The lowest BCUT2D eigenvalue weighted by Crippen LogP contribution is -2.46. The summed E-state index contributed by atoms with van der Waals surface area (Å²) in [6.07, 6.45) is -0.689. The number of carboxylic acids is 1. The molecular formula is C13H13BrFNO4. The Balaban J connectivity index is 2.12. The fourth-order valence-electron chi connectivity index (χ4n) is 2.05. The number of benzene rings is 1. The molecule has 1 aliphatic heterocycles. The van der Waals surface area contributed by atoms with Crippen LogP contribution in [0.1, 0.15) is 16.8 Å². The monoisotopic (exact) mass is 345 g/mol. The minimum absolute atomic E-state index is 0.159. The highest BCUT2D eigenvalue weighted by molar-refractivity contribution is 9.10. The average Bonchev–Trinajstić information content (AvgIpc) is 2.40. The van der Waals surface area contributed by atoms with Crippen molar-refractivity contribution in [3.8, 4) is 0 Å². The number of ether oxygens (including phenoxy) is 1. The highest BCUT2D eigenvalue weighted by atomic mass is 79.9. The lowest BCUT2D eigenvalue weighted by Gasteiger charge is -2.32. The second-order valence-electron chi connectivity index (χ2n) is 4.47. The summed E-state index contributed by atoms with van der Waals surface area (Å²) in [7, 11) is 0. The molecule has 1 fully saturated rings. The fourth-order valence-corrected chi connectivity index (χ4v) is 2.47. The molecule has 0 aliphatic carbocycles. The zero-order valence-electron chi connectivity index (χ0n) is 10.5. The number of hydrogen-bond acceptors (Lipinski definition) is 3. The standard InChI is InChI=1S/C13H13BrFNO4/c14-11-2-1-8(15)5-10(11)13(19)16-3-4-20-9(7-16)6-12(17)18/h1-2,5,9H,3-4,6-7H2,(H,17,18). The summed E-state index contributed by atoms with van der Waals surface area (Å²) in [4.78, 5) is 24.5. The van der Waals surface area contributed by atoms with Gasteiger partial charge in [0, 0.05) is 17.6 Å². The first kappa shape index (κ1) is 14.9. The van der Waals surface area contributed by atoms with Gasteiger partial charge in [0.05, 0.1) is 24.7 Å². The van der Waals surface area contributed by atoms with Crippen LogP contribution in [0.15, 0.2) is 22.7 Å². The van der Waals surface area contributed by atoms with E-state index in [1.54, 1.807) is 0 Å². The van der Waals surface area contributed by atoms with Crippen LogP contribution in [0, 0.1) is 5.82 Å². The van der Waals surface area contributed by atoms with Crippen molar-refractivity contribution in [3.63, 3.8) is 0 Å². The third-order valence-electron chi connectivity index (χ3n) is 2.99. The Kier molecular flexibility index (Phi) is 4.72. The number of hydrogen-bond donors (Lipinski definition) is 1. The molecule has 1 amide bonds. The Morgan fingerprint density at radius 2 is 2.25 bits per heavy atom. The molecule has 1 aromatic rings. The Morgan fingerprint density at radius 3 is 2.95 bits per heavy atom. The number of carboxylic acid groups (broad SMARTS) is 1. The van der Waals surface area contributed by atoms with E-state index in [0.717, 1.165) is 6.07 Å². The van der Waals surface area contributed by atoms with E-state index in [4.69, 9.17) is 9.84 Å². The Bertz CT molecular complexity index is 537. The van der Waals surface area contributed by atoms with Crippen LogP contribution in [0.25, 0.3) is 0 Å². The largest absolute Gasteiger partial charge is 0.481 e. The minimum atomic E-state index is -0.976. The van der Waals surface area contributed by atoms with Crippen molar-refractivity contribution in [3.05, 3.63) is 34.1 Å². The van der Waals surface area contributed by atoms with Crippen molar-refractivity contribution in [2.75, 3.05) is 19.7 Å². The maximum absolute atomic E-state index is 13.2. The summed E-state index contributed by atoms with van der Waals surface area (Å²) in [5.41, 5.74) is 0.223. The van der Waals surface area contributed by atoms with Crippen molar-refractivity contribution in [1.29, 1.82) is 0 Å². The molecular weight excluding hydrogens is 333 g/mol. The zero-order valence-corrected chi connectivity index (χ0v) is 12.1. The van der Waals surface area contributed by atoms with Gasteiger partial charge in [0.2, 0.25) is 0 Å². The third kappa shape index (κ3) is 3.55. The molecule has 20 heavy (non-hydrogen) atoms. The summed E-state index contributed by atoms with van der Waals surface area (Å²) in [6, 6.07) is 3.89. The Hall–Kier alpha value is -1.47. The topological polar surface area (TPSA) is 66.8 Å². The number of amides is 1. The van der Waals surface area contributed by atoms with E-state index in [-0.39, 0.29) is 31.0 Å². The molecule has 2 rings (SSSR count). The Morgan fingerprint density at radius 1 is 1.50 bits per heavy atom. The normalized spacial score (nSPS) is 18.9. The van der Waals surface area contributed by atoms with E-state index >= 15 is 0 Å². The molecule has 1 aliphatic rings. The second kappa shape index (κ2) is 6.32. The Labute approximate surface area is 123 Å². The SMILES string of the molecule is O=C(O)CC1CN(C(=O)c2cc(F)ccc2Br)CCO1. The molecule has 1 atom stereocenters. The summed E-state index contributed by atoms with van der Waals surface area (Å²) in [6.45, 7) is 0.822. The number of aliphatic carboxylic acids is 1. The second-order valence-corrected chi connectivity index (χ2v) is 5.32. The van der Waals surface area contributed by atoms with Crippen LogP contribution < -0.4 is 0 Å². The van der Waals surface area contributed by atoms with Crippen LogP contribution in [0.5, 0.6) is 0 Å². The van der Waals surface area contributed by atoms with Gasteiger partial charge in [-0.3, -0.25) is 9.59 Å². The van der Waals surface area contributed by atoms with Crippen molar-refractivity contribution in [2.45, 2.75) is 12.5 Å². The maximum atomic E-state index is 13.2. The van der Waals surface area contributed by atoms with E-state index in [0.29, 0.717) is 11.0 Å². The molecule has 1 N–H and O–H groups in total. The summed E-state index contributed by atoms with van der Waals surface area (Å²) in [5, 5.41) is 8.75. The lowest BCUT2D eigenvalue weighted by molar-refractivity contribution is -0.141. The zero-order chi connectivity index (χ0) is 14.7. The van der Waals surface area contributed by atoms with Crippen molar-refractivity contribution in [2.24, 2.45) is 0 Å². The third-order valence-corrected chi connectivity index (χ3v) is 3.68. The predicted molar refractivity (Wildman–Crippen MR) is 72.0 cm³/mol. The summed E-state index contributed by atoms with van der Waals surface area (Å²) in [5.74, 6) is -1.81. The quantitative estimate of drug-likeness (QED) is 0.908. The molecule has 7 heteroatoms. The van der Waals surface area contributed by atoms with Gasteiger partial charge in [0.1, 0.15) is 5.82 Å². The number of rotatable bonds is 3. The van der Waals surface area contributed by atoms with Crippen LogP contribution in [0.4, 0.5) is 4.39 Å². The number of halogens is 2. The average molecular weight is 346 g/mol. The molecule has 1 heterocycles. The smallest absolute Gasteiger partial charge is 0.306 e. The van der Waals surface area contributed by atoms with Gasteiger partial charge >= 0.3 is 5.97 Å². The van der Waals surface area contributed by atoms with Crippen molar-refractivity contribution >= 4 is 27.8 Å². The van der Waals surface area contributed by atoms with Crippen LogP contribution in [-0.2, 0) is 9.53 Å². The number of nitrogens with zero attached hydrogens (tertiary/aromatic N) is 1. The van der Waals surface area contributed by atoms with Gasteiger partial charge in [0.15, 0.2) is 0 Å². The van der Waals surface area contributed by atoms with Crippen LogP contribution >= 0.6 is 15.9 Å². The van der Waals surface area contributed by atoms with E-state index in [1.165, 1.54) is 17.0 Å². The molecule has 1 aromatic carbocycles. The first-order valence-electron chi connectivity index (χ1n) is 6.05. The molecule has 108 valence electrons. The first-order valence-corrected chi connectivity index (χ1v) is 6.84. The van der Waals surface area contributed by atoms with Gasteiger partial charge in [0.25, 0.3) is 5.91 Å². The van der Waals surface area contributed by atoms with E-state index in [9.17, 15) is 14.0 Å². The summed E-state index contributed by atoms with van der Waals surface area (Å²) >= 11 is 3.21. The van der Waals surface area contributed by atoms with Crippen LogP contribution in [-0.4, -0.2) is 47.7 Å². The highest BCUT2D eigenvalue weighted by Gasteiger charge is 2.27. The molecule has 1 saturated heterocycles. The van der Waals surface area contributed by atoms with Crippen LogP contribution in [0.3, 0.4) is 0 Å². The van der Waals surface area contributed by atoms with E-state index < -0.39 is 17.9 Å². The molecule has 0 spiro atoms. The van der Waals surface area contributed by atoms with Gasteiger partial charge < -0.3 is 14.7 Å². The predicted octanol–water partition coefficient (Wildman–Crippen LogP) is 1.90. The number of morpholine rings is 1. The molecule has 5 nitrogen and oxygen atoms in total. The van der Waals surface area contributed by atoms with E-state index in [1.807, 2.05) is 0 Å². The lowest BCUT2D eigenvalue weighted by atomic mass is 10.1. The van der Waals surface area contributed by atoms with Crippen molar-refractivity contribution in [1.82, 2.24) is 4.90 Å². The fraction of sp³-hybridized carbons (Fsp3) is 0.385. The molecule has 0 saturated carbocycles. The maximum Gasteiger partial charge on any atom is 0.306 e. The van der Waals surface area contributed by atoms with Crippen molar-refractivity contribution < 1.29 is 23.8 Å². The van der Waals surface area contributed by atoms with E-state index in [2.05, 4.69) is 15.9 Å². The van der Waals surface area contributed by atoms with Gasteiger partial charge in [-0.2, -0.15) is 0 Å².